The summed E-state index contributed by atoms with van der Waals surface area (Å²) in [5.74, 6) is 0.231. The summed E-state index contributed by atoms with van der Waals surface area (Å²) >= 11 is 0. The summed E-state index contributed by atoms with van der Waals surface area (Å²) in [7, 11) is 3.52. The second-order valence-electron chi connectivity index (χ2n) is 10.3. The Kier molecular flexibility index (Phi) is 5.11. The third-order valence-corrected chi connectivity index (χ3v) is 7.39. The topological polar surface area (TPSA) is 43.8 Å². The minimum absolute atomic E-state index is 0.0525. The van der Waals surface area contributed by atoms with Gasteiger partial charge in [-0.15, -0.1) is 0 Å². The van der Waals surface area contributed by atoms with E-state index in [0.717, 1.165) is 44.3 Å². The zero-order valence-corrected chi connectivity index (χ0v) is 17.9. The van der Waals surface area contributed by atoms with Gasteiger partial charge in [0.2, 0.25) is 5.91 Å². The van der Waals surface area contributed by atoms with Crippen LogP contribution in [-0.4, -0.2) is 48.7 Å². The van der Waals surface area contributed by atoms with E-state index < -0.39 is 17.3 Å². The predicted octanol–water partition coefficient (Wildman–Crippen LogP) is 4.42. The molecule has 0 bridgehead atoms. The lowest BCUT2D eigenvalue weighted by atomic mass is 9.63. The lowest BCUT2D eigenvalue weighted by Crippen LogP contribution is -2.62. The van der Waals surface area contributed by atoms with Gasteiger partial charge in [-0.3, -0.25) is 4.79 Å². The van der Waals surface area contributed by atoms with Crippen LogP contribution in [0.4, 0.5) is 18.9 Å². The molecule has 2 saturated carbocycles. The minimum Gasteiger partial charge on any atom is -0.390 e. The molecule has 3 aliphatic rings. The number of alkyl halides is 3. The van der Waals surface area contributed by atoms with Gasteiger partial charge in [-0.05, 0) is 75.1 Å². The highest BCUT2D eigenvalue weighted by molar-refractivity contribution is 5.81. The summed E-state index contributed by atoms with van der Waals surface area (Å²) in [6.07, 6.45) is 0.331. The van der Waals surface area contributed by atoms with Crippen LogP contribution in [0.3, 0.4) is 0 Å². The summed E-state index contributed by atoms with van der Waals surface area (Å²) in [4.78, 5) is 16.2. The number of amides is 1. The Morgan fingerprint density at radius 3 is 2.23 bits per heavy atom. The van der Waals surface area contributed by atoms with E-state index in [0.29, 0.717) is 18.5 Å². The molecule has 1 aliphatic heterocycles. The van der Waals surface area contributed by atoms with E-state index in [1.807, 2.05) is 11.0 Å². The second kappa shape index (κ2) is 7.14. The van der Waals surface area contributed by atoms with Crippen LogP contribution in [0.1, 0.15) is 62.5 Å². The molecule has 1 spiro atoms. The van der Waals surface area contributed by atoms with Gasteiger partial charge in [0.1, 0.15) is 0 Å². The first-order chi connectivity index (χ1) is 13.9. The van der Waals surface area contributed by atoms with E-state index in [9.17, 15) is 23.1 Å². The average molecular weight is 425 g/mol. The van der Waals surface area contributed by atoms with E-state index >= 15 is 0 Å². The molecule has 1 N–H and O–H groups in total. The molecule has 1 saturated heterocycles. The van der Waals surface area contributed by atoms with Crippen molar-refractivity contribution in [2.45, 2.75) is 63.1 Å². The third kappa shape index (κ3) is 4.05. The molecule has 7 heteroatoms. The Balaban J connectivity index is 1.38. The van der Waals surface area contributed by atoms with E-state index in [1.165, 1.54) is 12.1 Å². The number of halogens is 3. The van der Waals surface area contributed by atoms with E-state index in [4.69, 9.17) is 0 Å². The Bertz CT molecular complexity index is 810. The number of carbonyl (C=O) groups is 1. The smallest absolute Gasteiger partial charge is 0.390 e. The monoisotopic (exact) mass is 424 g/mol. The molecule has 3 fully saturated rings. The number of benzene rings is 1. The van der Waals surface area contributed by atoms with Gasteiger partial charge in [0, 0.05) is 44.2 Å². The second-order valence-corrected chi connectivity index (χ2v) is 10.3. The first-order valence-corrected chi connectivity index (χ1v) is 10.8. The van der Waals surface area contributed by atoms with Crippen LogP contribution in [0.5, 0.6) is 0 Å². The number of likely N-dealkylation sites (tertiary alicyclic amines) is 1. The fourth-order valence-electron chi connectivity index (χ4n) is 5.53. The van der Waals surface area contributed by atoms with Crippen molar-refractivity contribution >= 4 is 11.6 Å². The van der Waals surface area contributed by atoms with Crippen LogP contribution < -0.4 is 4.90 Å². The predicted molar refractivity (Wildman–Crippen MR) is 109 cm³/mol. The van der Waals surface area contributed by atoms with Gasteiger partial charge in [-0.1, -0.05) is 0 Å². The molecule has 0 atom stereocenters. The van der Waals surface area contributed by atoms with Crippen molar-refractivity contribution in [1.29, 1.82) is 0 Å². The van der Waals surface area contributed by atoms with Gasteiger partial charge in [0.25, 0.3) is 0 Å². The molecular formula is C23H31F3N2O2. The molecule has 0 aromatic heterocycles. The number of rotatable bonds is 3. The van der Waals surface area contributed by atoms with Crippen molar-refractivity contribution in [3.05, 3.63) is 29.3 Å². The Labute approximate surface area is 176 Å². The van der Waals surface area contributed by atoms with Gasteiger partial charge in [0.15, 0.2) is 0 Å². The van der Waals surface area contributed by atoms with Crippen molar-refractivity contribution in [3.63, 3.8) is 0 Å². The number of aliphatic hydroxyl groups is 1. The lowest BCUT2D eigenvalue weighted by Gasteiger charge is -2.55. The first-order valence-electron chi connectivity index (χ1n) is 10.8. The highest BCUT2D eigenvalue weighted by Gasteiger charge is 2.51. The maximum atomic E-state index is 13.4. The van der Waals surface area contributed by atoms with Crippen LogP contribution >= 0.6 is 0 Å². The summed E-state index contributed by atoms with van der Waals surface area (Å²) < 4.78 is 40.1. The Morgan fingerprint density at radius 1 is 1.13 bits per heavy atom. The van der Waals surface area contributed by atoms with Crippen molar-refractivity contribution in [1.82, 2.24) is 4.90 Å². The van der Waals surface area contributed by atoms with Crippen LogP contribution in [0.15, 0.2) is 18.2 Å². The van der Waals surface area contributed by atoms with Gasteiger partial charge in [-0.2, -0.15) is 13.2 Å². The number of hydrogen-bond acceptors (Lipinski definition) is 3. The van der Waals surface area contributed by atoms with Gasteiger partial charge < -0.3 is 14.9 Å². The number of nitrogens with zero attached hydrogens (tertiary/aromatic N) is 2. The molecule has 1 aromatic rings. The van der Waals surface area contributed by atoms with Crippen LogP contribution in [0.2, 0.25) is 0 Å². The summed E-state index contributed by atoms with van der Waals surface area (Å²) in [6, 6.07) is 4.41. The highest BCUT2D eigenvalue weighted by Crippen LogP contribution is 2.50. The normalized spacial score (nSPS) is 28.8. The molecule has 4 nitrogen and oxygen atoms in total. The highest BCUT2D eigenvalue weighted by atomic mass is 19.4. The first kappa shape index (κ1) is 21.5. The summed E-state index contributed by atoms with van der Waals surface area (Å²) in [5.41, 5.74) is 0.201. The van der Waals surface area contributed by atoms with E-state index in [1.54, 1.807) is 25.9 Å². The van der Waals surface area contributed by atoms with E-state index in [-0.39, 0.29) is 23.2 Å². The maximum Gasteiger partial charge on any atom is 0.416 e. The molecular weight excluding hydrogens is 393 g/mol. The zero-order valence-electron chi connectivity index (χ0n) is 17.9. The molecule has 0 radical (unpaired) electrons. The fourth-order valence-corrected chi connectivity index (χ4v) is 5.53. The molecule has 4 rings (SSSR count). The van der Waals surface area contributed by atoms with E-state index in [2.05, 4.69) is 0 Å². The molecule has 1 aromatic carbocycles. The lowest BCUT2D eigenvalue weighted by molar-refractivity contribution is -0.163. The molecule has 0 unspecified atom stereocenters. The fraction of sp³-hybridized carbons (Fsp3) is 0.696. The quantitative estimate of drug-likeness (QED) is 0.781. The van der Waals surface area contributed by atoms with Gasteiger partial charge >= 0.3 is 6.18 Å². The van der Waals surface area contributed by atoms with Gasteiger partial charge in [0.05, 0.1) is 11.2 Å². The van der Waals surface area contributed by atoms with Crippen molar-refractivity contribution in [2.24, 2.45) is 11.3 Å². The molecule has 1 amide bonds. The maximum absolute atomic E-state index is 13.4. The largest absolute Gasteiger partial charge is 0.416 e. The van der Waals surface area contributed by atoms with Crippen molar-refractivity contribution < 1.29 is 23.1 Å². The van der Waals surface area contributed by atoms with Crippen LogP contribution in [0.25, 0.3) is 0 Å². The Morgan fingerprint density at radius 2 is 1.73 bits per heavy atom. The van der Waals surface area contributed by atoms with Gasteiger partial charge in [-0.25, -0.2) is 0 Å². The summed E-state index contributed by atoms with van der Waals surface area (Å²) in [5, 5.41) is 9.86. The zero-order chi connectivity index (χ0) is 21.9. The Hall–Kier alpha value is -1.76. The molecule has 166 valence electrons. The van der Waals surface area contributed by atoms with Crippen LogP contribution in [-0.2, 0) is 11.0 Å². The molecule has 2 aliphatic carbocycles. The summed E-state index contributed by atoms with van der Waals surface area (Å²) in [6.45, 7) is 3.27. The van der Waals surface area contributed by atoms with Crippen molar-refractivity contribution in [3.8, 4) is 0 Å². The SMILES string of the molecule is CN(C)c1cc(C2CCC3(CC2)CN(C(=O)[C@H]2C[C@@](C)(O)C2)C3)cc(C(F)(F)F)c1. The standard InChI is InChI=1S/C23H31F3N2O2/c1-21(30)11-17(12-21)20(29)28-13-22(14-28)6-4-15(5-7-22)16-8-18(23(24,25)26)10-19(9-16)27(2)3/h8-10,15,17,30H,4-7,11-14H2,1-3H3/t17-,21+. The minimum atomic E-state index is -4.35. The van der Waals surface area contributed by atoms with Crippen molar-refractivity contribution in [2.75, 3.05) is 32.1 Å². The number of hydrogen-bond donors (Lipinski definition) is 1. The number of anilines is 1. The molecule has 1 heterocycles. The van der Waals surface area contributed by atoms with Crippen LogP contribution in [0, 0.1) is 11.3 Å². The number of carbonyl (C=O) groups excluding carboxylic acids is 1. The third-order valence-electron chi connectivity index (χ3n) is 7.39. The molecule has 30 heavy (non-hydrogen) atoms. The average Bonchev–Trinajstić information content (AvgIpc) is 2.62.